The van der Waals surface area contributed by atoms with Gasteiger partial charge < -0.3 is 10.6 Å². The second-order valence-electron chi connectivity index (χ2n) is 5.55. The molecule has 0 radical (unpaired) electrons. The highest BCUT2D eigenvalue weighted by molar-refractivity contribution is 5.79. The fourth-order valence-electron chi connectivity index (χ4n) is 2.48. The Hall–Kier alpha value is -1.35. The minimum atomic E-state index is 0.148. The van der Waals surface area contributed by atoms with E-state index in [1.165, 1.54) is 16.7 Å². The van der Waals surface area contributed by atoms with E-state index in [2.05, 4.69) is 32.0 Å². The van der Waals surface area contributed by atoms with E-state index in [9.17, 15) is 4.79 Å². The lowest BCUT2D eigenvalue weighted by molar-refractivity contribution is -0.137. The predicted octanol–water partition coefficient (Wildman–Crippen LogP) is 2.00. The van der Waals surface area contributed by atoms with Crippen LogP contribution in [0.4, 0.5) is 0 Å². The Morgan fingerprint density at radius 3 is 2.67 bits per heavy atom. The maximum absolute atomic E-state index is 12.1. The van der Waals surface area contributed by atoms with Crippen molar-refractivity contribution in [3.8, 4) is 0 Å². The maximum Gasteiger partial charge on any atom is 0.225 e. The zero-order valence-corrected chi connectivity index (χ0v) is 11.4. The summed E-state index contributed by atoms with van der Waals surface area (Å²) in [6.45, 7) is 4.86. The third-order valence-corrected chi connectivity index (χ3v) is 3.81. The van der Waals surface area contributed by atoms with E-state index in [0.717, 1.165) is 12.8 Å². The summed E-state index contributed by atoms with van der Waals surface area (Å²) < 4.78 is 0. The topological polar surface area (TPSA) is 46.3 Å². The van der Waals surface area contributed by atoms with Crippen molar-refractivity contribution in [2.24, 2.45) is 11.7 Å². The first-order chi connectivity index (χ1) is 8.47. The van der Waals surface area contributed by atoms with Crippen molar-refractivity contribution in [2.75, 3.05) is 7.05 Å². The molecule has 1 fully saturated rings. The van der Waals surface area contributed by atoms with Gasteiger partial charge in [0.05, 0.1) is 0 Å². The van der Waals surface area contributed by atoms with Gasteiger partial charge in [0.15, 0.2) is 0 Å². The molecule has 0 bridgehead atoms. The zero-order valence-electron chi connectivity index (χ0n) is 11.4. The van der Waals surface area contributed by atoms with Crippen LogP contribution in [0.5, 0.6) is 0 Å². The number of nitrogens with two attached hydrogens (primary N) is 1. The van der Waals surface area contributed by atoms with Crippen molar-refractivity contribution in [3.63, 3.8) is 0 Å². The fourth-order valence-corrected chi connectivity index (χ4v) is 2.48. The van der Waals surface area contributed by atoms with Crippen LogP contribution in [0, 0.1) is 19.8 Å². The van der Waals surface area contributed by atoms with E-state index in [4.69, 9.17) is 5.73 Å². The molecule has 98 valence electrons. The first kappa shape index (κ1) is 13.1. The maximum atomic E-state index is 12.1. The second kappa shape index (κ2) is 5.11. The van der Waals surface area contributed by atoms with Gasteiger partial charge in [0.1, 0.15) is 0 Å². The van der Waals surface area contributed by atoms with Gasteiger partial charge in [-0.15, -0.1) is 0 Å². The molecular formula is C15H22N2O. The number of carbonyl (C=O) groups excluding carboxylic acids is 1. The molecule has 0 atom stereocenters. The third-order valence-electron chi connectivity index (χ3n) is 3.81. The van der Waals surface area contributed by atoms with Crippen LogP contribution in [-0.4, -0.2) is 23.9 Å². The number of hydrogen-bond acceptors (Lipinski definition) is 2. The Morgan fingerprint density at radius 2 is 2.06 bits per heavy atom. The van der Waals surface area contributed by atoms with Crippen molar-refractivity contribution >= 4 is 5.91 Å². The number of benzene rings is 1. The largest absolute Gasteiger partial charge is 0.341 e. The predicted molar refractivity (Wildman–Crippen MR) is 73.1 cm³/mol. The molecule has 1 aliphatic carbocycles. The van der Waals surface area contributed by atoms with Crippen molar-refractivity contribution in [3.05, 3.63) is 34.9 Å². The number of amides is 1. The van der Waals surface area contributed by atoms with Gasteiger partial charge in [0.2, 0.25) is 5.91 Å². The van der Waals surface area contributed by atoms with Crippen molar-refractivity contribution in [2.45, 2.75) is 39.3 Å². The molecular weight excluding hydrogens is 224 g/mol. The highest BCUT2D eigenvalue weighted by Gasteiger charge is 2.33. The van der Waals surface area contributed by atoms with E-state index in [1.54, 1.807) is 0 Å². The smallest absolute Gasteiger partial charge is 0.225 e. The van der Waals surface area contributed by atoms with Gasteiger partial charge in [-0.3, -0.25) is 4.79 Å². The molecule has 1 aromatic rings. The fraction of sp³-hybridized carbons (Fsp3) is 0.533. The Morgan fingerprint density at radius 1 is 1.39 bits per heavy atom. The summed E-state index contributed by atoms with van der Waals surface area (Å²) in [4.78, 5) is 14.0. The summed E-state index contributed by atoms with van der Waals surface area (Å²) in [5.74, 6) is 0.382. The molecule has 2 rings (SSSR count). The van der Waals surface area contributed by atoms with Crippen LogP contribution in [0.2, 0.25) is 0 Å². The number of aryl methyl sites for hydroxylation is 2. The minimum absolute atomic E-state index is 0.148. The summed E-state index contributed by atoms with van der Waals surface area (Å²) in [6, 6.07) is 6.60. The molecule has 18 heavy (non-hydrogen) atoms. The lowest BCUT2D eigenvalue weighted by Gasteiger charge is -2.34. The van der Waals surface area contributed by atoms with E-state index in [1.807, 2.05) is 11.9 Å². The van der Waals surface area contributed by atoms with Crippen LogP contribution < -0.4 is 5.73 Å². The molecule has 0 aromatic heterocycles. The lowest BCUT2D eigenvalue weighted by Crippen LogP contribution is -2.45. The molecule has 1 aromatic carbocycles. The first-order valence-electron chi connectivity index (χ1n) is 6.54. The van der Waals surface area contributed by atoms with Crippen LogP contribution >= 0.6 is 0 Å². The summed E-state index contributed by atoms with van der Waals surface area (Å²) >= 11 is 0. The van der Waals surface area contributed by atoms with E-state index < -0.39 is 0 Å². The molecule has 3 nitrogen and oxygen atoms in total. The first-order valence-corrected chi connectivity index (χ1v) is 6.54. The van der Waals surface area contributed by atoms with Gasteiger partial charge in [0, 0.05) is 25.6 Å². The summed E-state index contributed by atoms with van der Waals surface area (Å²) in [5.41, 5.74) is 9.44. The van der Waals surface area contributed by atoms with Crippen molar-refractivity contribution in [1.29, 1.82) is 0 Å². The number of hydrogen-bond donors (Lipinski definition) is 1. The highest BCUT2D eigenvalue weighted by Crippen LogP contribution is 2.27. The van der Waals surface area contributed by atoms with Gasteiger partial charge >= 0.3 is 0 Å². The molecule has 0 saturated heterocycles. The zero-order chi connectivity index (χ0) is 13.3. The Kier molecular flexibility index (Phi) is 3.71. The third kappa shape index (κ3) is 2.72. The SMILES string of the molecule is Cc1ccc(C)c(CN(C)C(=O)C2CC(N)C2)c1. The molecule has 1 aliphatic rings. The Labute approximate surface area is 109 Å². The Balaban J connectivity index is 2.00. The molecule has 1 saturated carbocycles. The average Bonchev–Trinajstić information content (AvgIpc) is 2.29. The van der Waals surface area contributed by atoms with Crippen LogP contribution in [0.3, 0.4) is 0 Å². The highest BCUT2D eigenvalue weighted by atomic mass is 16.2. The van der Waals surface area contributed by atoms with Crippen LogP contribution in [0.25, 0.3) is 0 Å². The van der Waals surface area contributed by atoms with Gasteiger partial charge in [0.25, 0.3) is 0 Å². The van der Waals surface area contributed by atoms with E-state index in [0.29, 0.717) is 6.54 Å². The lowest BCUT2D eigenvalue weighted by atomic mass is 9.80. The quantitative estimate of drug-likeness (QED) is 0.886. The van der Waals surface area contributed by atoms with Gasteiger partial charge in [-0.25, -0.2) is 0 Å². The molecule has 2 N–H and O–H groups in total. The normalized spacial score (nSPS) is 22.4. The van der Waals surface area contributed by atoms with E-state index >= 15 is 0 Å². The van der Waals surface area contributed by atoms with Crippen molar-refractivity contribution in [1.82, 2.24) is 4.90 Å². The average molecular weight is 246 g/mol. The molecule has 0 spiro atoms. The number of nitrogens with zero attached hydrogens (tertiary/aromatic N) is 1. The Bertz CT molecular complexity index is 450. The standard InChI is InChI=1S/C15H22N2O/c1-10-4-5-11(2)13(6-10)9-17(3)15(18)12-7-14(16)8-12/h4-6,12,14H,7-9,16H2,1-3H3. The molecule has 0 unspecified atom stereocenters. The monoisotopic (exact) mass is 246 g/mol. The van der Waals surface area contributed by atoms with Gasteiger partial charge in [-0.1, -0.05) is 23.8 Å². The van der Waals surface area contributed by atoms with Crippen LogP contribution in [0.15, 0.2) is 18.2 Å². The molecule has 3 heteroatoms. The minimum Gasteiger partial charge on any atom is -0.341 e. The number of carbonyl (C=O) groups is 1. The molecule has 0 heterocycles. The molecule has 1 amide bonds. The summed E-state index contributed by atoms with van der Waals surface area (Å²) in [5, 5.41) is 0. The summed E-state index contributed by atoms with van der Waals surface area (Å²) in [6.07, 6.45) is 1.69. The van der Waals surface area contributed by atoms with Crippen LogP contribution in [-0.2, 0) is 11.3 Å². The molecule has 0 aliphatic heterocycles. The second-order valence-corrected chi connectivity index (χ2v) is 5.55. The van der Waals surface area contributed by atoms with Crippen LogP contribution in [0.1, 0.15) is 29.5 Å². The summed E-state index contributed by atoms with van der Waals surface area (Å²) in [7, 11) is 1.88. The van der Waals surface area contributed by atoms with Gasteiger partial charge in [-0.05, 0) is 37.8 Å². The number of rotatable bonds is 3. The van der Waals surface area contributed by atoms with Crippen molar-refractivity contribution < 1.29 is 4.79 Å². The van der Waals surface area contributed by atoms with Gasteiger partial charge in [-0.2, -0.15) is 0 Å². The van der Waals surface area contributed by atoms with E-state index in [-0.39, 0.29) is 17.9 Å².